The number of hydrogen-bond acceptors (Lipinski definition) is 2. The summed E-state index contributed by atoms with van der Waals surface area (Å²) >= 11 is 1.69. The van der Waals surface area contributed by atoms with Crippen LogP contribution in [0.25, 0.3) is 0 Å². The highest BCUT2D eigenvalue weighted by Gasteiger charge is 1.92. The Hall–Kier alpha value is -0.810. The lowest BCUT2D eigenvalue weighted by Gasteiger charge is -1.78. The van der Waals surface area contributed by atoms with Crippen molar-refractivity contribution in [3.05, 3.63) is 21.9 Å². The van der Waals surface area contributed by atoms with Crippen molar-refractivity contribution in [2.75, 3.05) is 0 Å². The van der Waals surface area contributed by atoms with Gasteiger partial charge in [-0.15, -0.1) is 11.3 Å². The van der Waals surface area contributed by atoms with Gasteiger partial charge in [-0.3, -0.25) is 0 Å². The van der Waals surface area contributed by atoms with E-state index in [9.17, 15) is 0 Å². The SMILES string of the molecule is Cc1cc(CC#N)cs1. The zero-order chi connectivity index (χ0) is 6.69. The molecule has 1 rings (SSSR count). The normalized spacial score (nSPS) is 8.89. The minimum absolute atomic E-state index is 0.546. The lowest BCUT2D eigenvalue weighted by Crippen LogP contribution is -1.71. The second-order valence-corrected chi connectivity index (χ2v) is 3.02. The van der Waals surface area contributed by atoms with Gasteiger partial charge in [0.1, 0.15) is 0 Å². The molecular formula is C7H7NS. The quantitative estimate of drug-likeness (QED) is 0.581. The minimum atomic E-state index is 0.546. The molecule has 2 heteroatoms. The van der Waals surface area contributed by atoms with Crippen LogP contribution in [0.3, 0.4) is 0 Å². The standard InChI is InChI=1S/C7H7NS/c1-6-4-7(2-3-8)5-9-6/h4-5H,2H2,1H3. The maximum atomic E-state index is 8.28. The maximum absolute atomic E-state index is 8.28. The Morgan fingerprint density at radius 1 is 1.78 bits per heavy atom. The summed E-state index contributed by atoms with van der Waals surface area (Å²) in [5.74, 6) is 0. The van der Waals surface area contributed by atoms with E-state index in [2.05, 4.69) is 6.07 Å². The Kier molecular flexibility index (Phi) is 1.86. The molecule has 0 spiro atoms. The largest absolute Gasteiger partial charge is 0.198 e. The first-order valence-corrected chi connectivity index (χ1v) is 3.62. The van der Waals surface area contributed by atoms with Crippen molar-refractivity contribution in [1.29, 1.82) is 5.26 Å². The zero-order valence-electron chi connectivity index (χ0n) is 5.22. The molecule has 0 unspecified atom stereocenters. The molecule has 0 aliphatic heterocycles. The molecular weight excluding hydrogens is 130 g/mol. The van der Waals surface area contributed by atoms with Crippen LogP contribution in [0.5, 0.6) is 0 Å². The van der Waals surface area contributed by atoms with E-state index in [1.165, 1.54) is 4.88 Å². The van der Waals surface area contributed by atoms with Crippen LogP contribution in [0.4, 0.5) is 0 Å². The molecule has 0 aliphatic carbocycles. The molecule has 0 bridgehead atoms. The Balaban J connectivity index is 2.76. The van der Waals surface area contributed by atoms with Gasteiger partial charge in [0.25, 0.3) is 0 Å². The molecule has 9 heavy (non-hydrogen) atoms. The van der Waals surface area contributed by atoms with Gasteiger partial charge >= 0.3 is 0 Å². The highest BCUT2D eigenvalue weighted by atomic mass is 32.1. The van der Waals surface area contributed by atoms with Gasteiger partial charge in [-0.05, 0) is 23.9 Å². The van der Waals surface area contributed by atoms with Crippen LogP contribution in [-0.4, -0.2) is 0 Å². The molecule has 0 saturated carbocycles. The summed E-state index contributed by atoms with van der Waals surface area (Å²) in [5, 5.41) is 10.3. The number of rotatable bonds is 1. The van der Waals surface area contributed by atoms with Crippen molar-refractivity contribution in [2.45, 2.75) is 13.3 Å². The smallest absolute Gasteiger partial charge is 0.0670 e. The second kappa shape index (κ2) is 2.65. The van der Waals surface area contributed by atoms with Crippen LogP contribution >= 0.6 is 11.3 Å². The first kappa shape index (κ1) is 6.31. The molecule has 0 saturated heterocycles. The van der Waals surface area contributed by atoms with Crippen LogP contribution in [0.15, 0.2) is 11.4 Å². The highest BCUT2D eigenvalue weighted by molar-refractivity contribution is 7.10. The molecule has 0 aliphatic rings. The first-order valence-electron chi connectivity index (χ1n) is 2.74. The summed E-state index contributed by atoms with van der Waals surface area (Å²) in [6.07, 6.45) is 0.546. The van der Waals surface area contributed by atoms with E-state index in [0.29, 0.717) is 6.42 Å². The maximum Gasteiger partial charge on any atom is 0.0670 e. The Morgan fingerprint density at radius 2 is 2.56 bits per heavy atom. The lowest BCUT2D eigenvalue weighted by molar-refractivity contribution is 1.28. The second-order valence-electron chi connectivity index (χ2n) is 1.90. The molecule has 0 radical (unpaired) electrons. The van der Waals surface area contributed by atoms with Gasteiger partial charge in [-0.2, -0.15) is 5.26 Å². The first-order chi connectivity index (χ1) is 4.33. The van der Waals surface area contributed by atoms with E-state index in [1.54, 1.807) is 11.3 Å². The third-order valence-corrected chi connectivity index (χ3v) is 1.98. The van der Waals surface area contributed by atoms with E-state index in [0.717, 1.165) is 5.56 Å². The average molecular weight is 137 g/mol. The monoisotopic (exact) mass is 137 g/mol. The number of nitriles is 1. The summed E-state index contributed by atoms with van der Waals surface area (Å²) in [6.45, 7) is 2.05. The van der Waals surface area contributed by atoms with E-state index in [1.807, 2.05) is 18.4 Å². The van der Waals surface area contributed by atoms with Crippen molar-refractivity contribution in [3.8, 4) is 6.07 Å². The van der Waals surface area contributed by atoms with Crippen LogP contribution in [0, 0.1) is 18.3 Å². The van der Waals surface area contributed by atoms with Crippen molar-refractivity contribution < 1.29 is 0 Å². The molecule has 1 heterocycles. The number of hydrogen-bond donors (Lipinski definition) is 0. The molecule has 0 aromatic carbocycles. The van der Waals surface area contributed by atoms with E-state index < -0.39 is 0 Å². The van der Waals surface area contributed by atoms with E-state index in [-0.39, 0.29) is 0 Å². The fourth-order valence-electron chi connectivity index (χ4n) is 0.682. The fourth-order valence-corrected chi connectivity index (χ4v) is 1.39. The van der Waals surface area contributed by atoms with Crippen molar-refractivity contribution in [1.82, 2.24) is 0 Å². The average Bonchev–Trinajstić information content (AvgIpc) is 2.17. The highest BCUT2D eigenvalue weighted by Crippen LogP contribution is 2.12. The fraction of sp³-hybridized carbons (Fsp3) is 0.286. The third kappa shape index (κ3) is 1.55. The summed E-state index contributed by atoms with van der Waals surface area (Å²) in [7, 11) is 0. The minimum Gasteiger partial charge on any atom is -0.198 e. The van der Waals surface area contributed by atoms with Crippen LogP contribution in [-0.2, 0) is 6.42 Å². The predicted molar refractivity (Wildman–Crippen MR) is 38.4 cm³/mol. The lowest BCUT2D eigenvalue weighted by atomic mass is 10.2. The summed E-state index contributed by atoms with van der Waals surface area (Å²) in [4.78, 5) is 1.28. The molecule has 0 atom stereocenters. The Bertz CT molecular complexity index is 231. The topological polar surface area (TPSA) is 23.8 Å². The number of thiophene rings is 1. The van der Waals surface area contributed by atoms with Crippen molar-refractivity contribution >= 4 is 11.3 Å². The summed E-state index contributed by atoms with van der Waals surface area (Å²) < 4.78 is 0. The summed E-state index contributed by atoms with van der Waals surface area (Å²) in [6, 6.07) is 4.15. The summed E-state index contributed by atoms with van der Waals surface area (Å²) in [5.41, 5.74) is 1.14. The third-order valence-electron chi connectivity index (χ3n) is 1.07. The van der Waals surface area contributed by atoms with Gasteiger partial charge in [0.05, 0.1) is 12.5 Å². The molecule has 1 nitrogen and oxygen atoms in total. The van der Waals surface area contributed by atoms with Crippen LogP contribution < -0.4 is 0 Å². The van der Waals surface area contributed by atoms with Gasteiger partial charge in [0.15, 0.2) is 0 Å². The molecule has 0 fully saturated rings. The number of aryl methyl sites for hydroxylation is 1. The zero-order valence-corrected chi connectivity index (χ0v) is 6.03. The number of nitrogens with zero attached hydrogens (tertiary/aromatic N) is 1. The molecule has 1 aromatic heterocycles. The van der Waals surface area contributed by atoms with Gasteiger partial charge in [-0.25, -0.2) is 0 Å². The van der Waals surface area contributed by atoms with E-state index >= 15 is 0 Å². The Morgan fingerprint density at radius 3 is 3.00 bits per heavy atom. The molecule has 0 amide bonds. The van der Waals surface area contributed by atoms with Gasteiger partial charge < -0.3 is 0 Å². The van der Waals surface area contributed by atoms with Crippen molar-refractivity contribution in [3.63, 3.8) is 0 Å². The van der Waals surface area contributed by atoms with Crippen molar-refractivity contribution in [2.24, 2.45) is 0 Å². The van der Waals surface area contributed by atoms with Gasteiger partial charge in [0.2, 0.25) is 0 Å². The van der Waals surface area contributed by atoms with Gasteiger partial charge in [-0.1, -0.05) is 0 Å². The Labute approximate surface area is 58.6 Å². The molecule has 0 N–H and O–H groups in total. The van der Waals surface area contributed by atoms with Gasteiger partial charge in [0, 0.05) is 4.88 Å². The van der Waals surface area contributed by atoms with Crippen LogP contribution in [0.1, 0.15) is 10.4 Å². The van der Waals surface area contributed by atoms with E-state index in [4.69, 9.17) is 5.26 Å². The van der Waals surface area contributed by atoms with Crippen LogP contribution in [0.2, 0.25) is 0 Å². The molecule has 46 valence electrons. The molecule has 1 aromatic rings. The predicted octanol–water partition coefficient (Wildman–Crippen LogP) is 2.12.